The Hall–Kier alpha value is -7.16. The summed E-state index contributed by atoms with van der Waals surface area (Å²) in [4.78, 5) is 0. The van der Waals surface area contributed by atoms with E-state index in [4.69, 9.17) is 0 Å². The number of allylic oxidation sites excluding steroid dienone is 1. The third kappa shape index (κ3) is 7.61. The van der Waals surface area contributed by atoms with Crippen LogP contribution in [0.2, 0.25) is 0 Å². The van der Waals surface area contributed by atoms with Gasteiger partial charge in [-0.25, -0.2) is 0 Å². The minimum absolute atomic E-state index is 1.07. The molecule has 0 bridgehead atoms. The summed E-state index contributed by atoms with van der Waals surface area (Å²) in [6.07, 6.45) is 21.6. The number of hydrogen-bond acceptors (Lipinski definition) is 0. The van der Waals surface area contributed by atoms with Crippen LogP contribution in [0.25, 0.3) is 106 Å². The zero-order valence-corrected chi connectivity index (χ0v) is 40.3. The second-order valence-corrected chi connectivity index (χ2v) is 19.1. The number of rotatable bonds is 15. The molecule has 0 aliphatic carbocycles. The van der Waals surface area contributed by atoms with E-state index in [1.807, 2.05) is 0 Å². The monoisotopic (exact) mass is 882 g/mol. The van der Waals surface area contributed by atoms with E-state index < -0.39 is 0 Å². The van der Waals surface area contributed by atoms with E-state index in [0.29, 0.717) is 0 Å². The van der Waals surface area contributed by atoms with Gasteiger partial charge in [0.2, 0.25) is 0 Å². The molecule has 0 atom stereocenters. The topological polar surface area (TPSA) is 9.86 Å². The van der Waals surface area contributed by atoms with Gasteiger partial charge in [-0.05, 0) is 131 Å². The Morgan fingerprint density at radius 1 is 0.382 bits per heavy atom. The van der Waals surface area contributed by atoms with Gasteiger partial charge in [-0.1, -0.05) is 198 Å². The number of unbranched alkanes of at least 4 members (excludes halogenated alkanes) is 6. The summed E-state index contributed by atoms with van der Waals surface area (Å²) in [5.41, 5.74) is 15.3. The van der Waals surface area contributed by atoms with Gasteiger partial charge in [-0.3, -0.25) is 0 Å². The smallest absolute Gasteiger partial charge is 0.0547 e. The van der Waals surface area contributed by atoms with Gasteiger partial charge in [0.15, 0.2) is 0 Å². The molecule has 2 heteroatoms. The van der Waals surface area contributed by atoms with Crippen LogP contribution in [0.4, 0.5) is 0 Å². The summed E-state index contributed by atoms with van der Waals surface area (Å²) in [7, 11) is 0. The highest BCUT2D eigenvalue weighted by Crippen LogP contribution is 2.42. The van der Waals surface area contributed by atoms with Crippen LogP contribution in [0, 0.1) is 6.92 Å². The fourth-order valence-corrected chi connectivity index (χ4v) is 11.5. The maximum atomic E-state index is 2.53. The van der Waals surface area contributed by atoms with Gasteiger partial charge in [0.25, 0.3) is 0 Å². The number of benzene rings is 9. The Morgan fingerprint density at radius 2 is 0.853 bits per heavy atom. The van der Waals surface area contributed by atoms with Crippen molar-refractivity contribution in [3.05, 3.63) is 197 Å². The molecule has 0 saturated heterocycles. The number of aromatic nitrogens is 2. The maximum Gasteiger partial charge on any atom is 0.0547 e. The SMILES string of the molecule is CC=Cc1cc(-n2c3ccccc3c3c4ccccc4ccc32)c(C=Cc2ccc3c(CCCCCC)c(C)ccc3c2CCCCCC)cc1-n1c2ccccc2c2c3ccccc3ccc21. The average Bonchev–Trinajstić information content (AvgIpc) is 3.90. The number of nitrogens with zero attached hydrogens (tertiary/aromatic N) is 2. The van der Waals surface area contributed by atoms with Crippen LogP contribution in [0.1, 0.15) is 106 Å². The Balaban J connectivity index is 1.19. The summed E-state index contributed by atoms with van der Waals surface area (Å²) in [6.45, 7) is 9.08. The molecular weight excluding hydrogens is 821 g/mol. The minimum Gasteiger partial charge on any atom is -0.309 e. The third-order valence-corrected chi connectivity index (χ3v) is 14.8. The standard InChI is InChI=1S/C66H62N2/c1-5-8-10-12-25-51-45(4)33-39-56-52(26-13-11-9-6-2)48(36-40-55(51)56)34-35-50-44-63(67-59-31-20-18-29-57(59)65-53-27-16-14-23-46(53)37-41-61(65)67)49(22-7-3)43-64(50)68-60-32-21-19-30-58(60)66-54-28-17-15-24-47(54)38-42-62(66)68/h7,14-24,27-44H,5-6,8-13,25-26H2,1-4H3. The first kappa shape index (κ1) is 43.4. The first-order valence-electron chi connectivity index (χ1n) is 25.4. The lowest BCUT2D eigenvalue weighted by atomic mass is 9.88. The van der Waals surface area contributed by atoms with Crippen molar-refractivity contribution in [2.24, 2.45) is 0 Å². The minimum atomic E-state index is 1.07. The van der Waals surface area contributed by atoms with Crippen molar-refractivity contribution < 1.29 is 0 Å². The number of para-hydroxylation sites is 2. The maximum absolute atomic E-state index is 2.53. The molecule has 0 saturated carbocycles. The van der Waals surface area contributed by atoms with Gasteiger partial charge < -0.3 is 9.13 Å². The number of hydrogen-bond donors (Lipinski definition) is 0. The number of fused-ring (bicyclic) bond motifs is 11. The second kappa shape index (κ2) is 18.8. The van der Waals surface area contributed by atoms with E-state index in [1.54, 1.807) is 0 Å². The summed E-state index contributed by atoms with van der Waals surface area (Å²) >= 11 is 0. The van der Waals surface area contributed by atoms with Gasteiger partial charge in [0, 0.05) is 32.7 Å². The highest BCUT2D eigenvalue weighted by Gasteiger charge is 2.22. The van der Waals surface area contributed by atoms with E-state index in [-0.39, 0.29) is 0 Å². The zero-order chi connectivity index (χ0) is 46.1. The van der Waals surface area contributed by atoms with E-state index in [2.05, 4.69) is 219 Å². The predicted molar refractivity (Wildman–Crippen MR) is 298 cm³/mol. The molecule has 0 N–H and O–H groups in total. The summed E-state index contributed by atoms with van der Waals surface area (Å²) in [5, 5.41) is 13.1. The summed E-state index contributed by atoms with van der Waals surface area (Å²) in [6, 6.07) is 59.5. The molecule has 11 aromatic rings. The van der Waals surface area contributed by atoms with Crippen molar-refractivity contribution >= 4 is 94.2 Å². The van der Waals surface area contributed by atoms with Crippen LogP contribution in [0.3, 0.4) is 0 Å². The first-order valence-corrected chi connectivity index (χ1v) is 25.4. The molecule has 336 valence electrons. The van der Waals surface area contributed by atoms with E-state index in [9.17, 15) is 0 Å². The number of aryl methyl sites for hydroxylation is 3. The van der Waals surface area contributed by atoms with Crippen molar-refractivity contribution in [3.8, 4) is 11.4 Å². The van der Waals surface area contributed by atoms with Crippen molar-refractivity contribution in [2.45, 2.75) is 91.9 Å². The molecule has 11 rings (SSSR count). The van der Waals surface area contributed by atoms with Gasteiger partial charge >= 0.3 is 0 Å². The molecule has 0 radical (unpaired) electrons. The van der Waals surface area contributed by atoms with Gasteiger partial charge in [-0.15, -0.1) is 0 Å². The first-order chi connectivity index (χ1) is 33.6. The molecule has 0 aliphatic heterocycles. The van der Waals surface area contributed by atoms with Gasteiger partial charge in [0.1, 0.15) is 0 Å². The Labute approximate surface area is 401 Å². The van der Waals surface area contributed by atoms with Crippen LogP contribution in [-0.2, 0) is 12.8 Å². The molecule has 0 amide bonds. The lowest BCUT2D eigenvalue weighted by Gasteiger charge is -2.19. The van der Waals surface area contributed by atoms with E-state index in [0.717, 1.165) is 12.8 Å². The summed E-state index contributed by atoms with van der Waals surface area (Å²) in [5.74, 6) is 0. The van der Waals surface area contributed by atoms with Crippen molar-refractivity contribution in [2.75, 3.05) is 0 Å². The zero-order valence-electron chi connectivity index (χ0n) is 40.3. The van der Waals surface area contributed by atoms with Crippen LogP contribution < -0.4 is 0 Å². The van der Waals surface area contributed by atoms with E-state index >= 15 is 0 Å². The van der Waals surface area contributed by atoms with Gasteiger partial charge in [0.05, 0.1) is 33.4 Å². The lowest BCUT2D eigenvalue weighted by Crippen LogP contribution is -2.03. The Morgan fingerprint density at radius 3 is 1.41 bits per heavy atom. The molecule has 2 heterocycles. The Kier molecular flexibility index (Phi) is 12.0. The molecule has 0 spiro atoms. The Bertz CT molecular complexity index is 3740. The van der Waals surface area contributed by atoms with Crippen LogP contribution in [0.15, 0.2) is 164 Å². The normalized spacial score (nSPS) is 12.3. The van der Waals surface area contributed by atoms with E-state index in [1.165, 1.54) is 172 Å². The van der Waals surface area contributed by atoms with Crippen LogP contribution in [0.5, 0.6) is 0 Å². The highest BCUT2D eigenvalue weighted by atomic mass is 15.0. The molecule has 0 aliphatic rings. The third-order valence-electron chi connectivity index (χ3n) is 14.8. The predicted octanol–water partition coefficient (Wildman–Crippen LogP) is 19.1. The molecule has 68 heavy (non-hydrogen) atoms. The van der Waals surface area contributed by atoms with Crippen molar-refractivity contribution in [1.29, 1.82) is 0 Å². The fourth-order valence-electron chi connectivity index (χ4n) is 11.5. The molecule has 2 nitrogen and oxygen atoms in total. The largest absolute Gasteiger partial charge is 0.309 e. The van der Waals surface area contributed by atoms with Crippen molar-refractivity contribution in [1.82, 2.24) is 9.13 Å². The summed E-state index contributed by atoms with van der Waals surface area (Å²) < 4.78 is 5.05. The molecule has 0 unspecified atom stereocenters. The lowest BCUT2D eigenvalue weighted by molar-refractivity contribution is 0.666. The van der Waals surface area contributed by atoms with Crippen LogP contribution >= 0.6 is 0 Å². The quantitative estimate of drug-likeness (QED) is 0.0717. The second-order valence-electron chi connectivity index (χ2n) is 19.1. The molecule has 2 aromatic heterocycles. The molecule has 0 fully saturated rings. The van der Waals surface area contributed by atoms with Crippen LogP contribution in [-0.4, -0.2) is 9.13 Å². The molecule has 9 aromatic carbocycles. The molecular formula is C66H62N2. The fraction of sp³-hybridized carbons (Fsp3) is 0.212. The average molecular weight is 883 g/mol. The van der Waals surface area contributed by atoms with Gasteiger partial charge in [-0.2, -0.15) is 0 Å². The highest BCUT2D eigenvalue weighted by molar-refractivity contribution is 6.23. The van der Waals surface area contributed by atoms with Crippen molar-refractivity contribution in [3.63, 3.8) is 0 Å².